The molecule has 0 spiro atoms. The van der Waals surface area contributed by atoms with Crippen molar-refractivity contribution in [2.75, 3.05) is 0 Å². The van der Waals surface area contributed by atoms with Gasteiger partial charge in [-0.1, -0.05) is 19.9 Å². The van der Waals surface area contributed by atoms with E-state index in [9.17, 15) is 0 Å². The van der Waals surface area contributed by atoms with Crippen LogP contribution in [0.5, 0.6) is 0 Å². The second-order valence-corrected chi connectivity index (χ2v) is 4.84. The molecule has 0 radical (unpaired) electrons. The molecule has 1 atom stereocenters. The molecular formula is C13H19N3. The van der Waals surface area contributed by atoms with Crippen molar-refractivity contribution in [3.63, 3.8) is 0 Å². The number of allylic oxidation sites excluding steroid dienone is 1. The van der Waals surface area contributed by atoms with E-state index in [1.165, 1.54) is 0 Å². The van der Waals surface area contributed by atoms with Crippen LogP contribution in [0.2, 0.25) is 0 Å². The van der Waals surface area contributed by atoms with Gasteiger partial charge in [0.2, 0.25) is 0 Å². The molecule has 1 unspecified atom stereocenters. The summed E-state index contributed by atoms with van der Waals surface area (Å²) in [4.78, 5) is 8.45. The maximum atomic E-state index is 4.28. The lowest BCUT2D eigenvalue weighted by atomic mass is 9.74. The molecule has 1 aromatic rings. The molecule has 0 aromatic carbocycles. The van der Waals surface area contributed by atoms with Crippen molar-refractivity contribution >= 4 is 6.21 Å². The molecule has 2 heterocycles. The Hall–Kier alpha value is -1.38. The molecule has 0 aliphatic carbocycles. The number of hydrogen-bond donors (Lipinski definition) is 0. The van der Waals surface area contributed by atoms with Crippen LogP contribution in [0.3, 0.4) is 0 Å². The van der Waals surface area contributed by atoms with Gasteiger partial charge >= 0.3 is 0 Å². The second-order valence-electron chi connectivity index (χ2n) is 4.84. The highest BCUT2D eigenvalue weighted by molar-refractivity contribution is 5.61. The molecule has 1 aliphatic heterocycles. The average molecular weight is 217 g/mol. The molecular weight excluding hydrogens is 198 g/mol. The minimum Gasteiger partial charge on any atom is -0.334 e. The zero-order chi connectivity index (χ0) is 11.6. The van der Waals surface area contributed by atoms with Crippen molar-refractivity contribution in [2.24, 2.45) is 16.3 Å². The number of aryl methyl sites for hydroxylation is 1. The van der Waals surface area contributed by atoms with Crippen molar-refractivity contribution in [2.45, 2.75) is 33.7 Å². The summed E-state index contributed by atoms with van der Waals surface area (Å²) in [6, 6.07) is 0. The third-order valence-electron chi connectivity index (χ3n) is 3.61. The average Bonchev–Trinajstić information content (AvgIpc) is 2.65. The molecule has 1 aliphatic rings. The van der Waals surface area contributed by atoms with Crippen LogP contribution in [0.4, 0.5) is 0 Å². The maximum Gasteiger partial charge on any atom is 0.105 e. The van der Waals surface area contributed by atoms with Crippen molar-refractivity contribution in [3.05, 3.63) is 30.5 Å². The molecule has 16 heavy (non-hydrogen) atoms. The molecule has 0 amide bonds. The molecule has 0 saturated heterocycles. The molecule has 0 bridgehead atoms. The molecule has 3 nitrogen and oxygen atoms in total. The Kier molecular flexibility index (Phi) is 2.95. The molecule has 0 N–H and O–H groups in total. The van der Waals surface area contributed by atoms with E-state index in [2.05, 4.69) is 47.6 Å². The second kappa shape index (κ2) is 4.24. The molecule has 1 aromatic heterocycles. The quantitative estimate of drug-likeness (QED) is 0.765. The summed E-state index contributed by atoms with van der Waals surface area (Å²) < 4.78 is 2.23. The maximum absolute atomic E-state index is 4.28. The summed E-state index contributed by atoms with van der Waals surface area (Å²) in [6.07, 6.45) is 11.1. The highest BCUT2D eigenvalue weighted by Gasteiger charge is 2.32. The van der Waals surface area contributed by atoms with Gasteiger partial charge in [0.1, 0.15) is 5.82 Å². The number of aromatic nitrogens is 2. The van der Waals surface area contributed by atoms with Gasteiger partial charge in [-0.05, 0) is 19.3 Å². The van der Waals surface area contributed by atoms with E-state index in [0.717, 1.165) is 18.8 Å². The van der Waals surface area contributed by atoms with E-state index in [-0.39, 0.29) is 5.41 Å². The summed E-state index contributed by atoms with van der Waals surface area (Å²) >= 11 is 0. The minimum absolute atomic E-state index is 0.188. The van der Waals surface area contributed by atoms with Gasteiger partial charge in [0, 0.05) is 36.8 Å². The van der Waals surface area contributed by atoms with Gasteiger partial charge in [0.25, 0.3) is 0 Å². The summed E-state index contributed by atoms with van der Waals surface area (Å²) in [5, 5.41) is 0. The van der Waals surface area contributed by atoms with Gasteiger partial charge < -0.3 is 4.57 Å². The predicted octanol–water partition coefficient (Wildman–Crippen LogP) is 2.82. The van der Waals surface area contributed by atoms with Gasteiger partial charge in [-0.15, -0.1) is 0 Å². The van der Waals surface area contributed by atoms with E-state index in [1.807, 2.05) is 18.6 Å². The third kappa shape index (κ3) is 1.94. The number of nitrogens with zero attached hydrogens (tertiary/aromatic N) is 3. The monoisotopic (exact) mass is 217 g/mol. The van der Waals surface area contributed by atoms with E-state index in [0.29, 0.717) is 5.92 Å². The van der Waals surface area contributed by atoms with E-state index in [4.69, 9.17) is 0 Å². The Bertz CT molecular complexity index is 415. The fraction of sp³-hybridized carbons (Fsp3) is 0.538. The molecule has 0 fully saturated rings. The molecule has 0 saturated carbocycles. The zero-order valence-corrected chi connectivity index (χ0v) is 10.2. The van der Waals surface area contributed by atoms with Crippen molar-refractivity contribution in [3.8, 4) is 0 Å². The van der Waals surface area contributed by atoms with Crippen LogP contribution in [0.15, 0.2) is 29.7 Å². The van der Waals surface area contributed by atoms with E-state index in [1.54, 1.807) is 0 Å². The van der Waals surface area contributed by atoms with Crippen molar-refractivity contribution in [1.29, 1.82) is 0 Å². The standard InChI is InChI=1S/C13H19N3/c1-11(2)13(4-6-14-7-5-13)10-16-9-8-15-12(16)3/h4,6-9,11H,5,10H2,1-3H3. The Morgan fingerprint density at radius 3 is 2.81 bits per heavy atom. The van der Waals surface area contributed by atoms with Crippen LogP contribution in [-0.4, -0.2) is 15.8 Å². The van der Waals surface area contributed by atoms with Crippen molar-refractivity contribution < 1.29 is 0 Å². The van der Waals surface area contributed by atoms with Crippen LogP contribution in [0, 0.1) is 18.3 Å². The van der Waals surface area contributed by atoms with Crippen LogP contribution >= 0.6 is 0 Å². The Morgan fingerprint density at radius 2 is 2.31 bits per heavy atom. The highest BCUT2D eigenvalue weighted by Crippen LogP contribution is 2.36. The highest BCUT2D eigenvalue weighted by atomic mass is 15.1. The van der Waals surface area contributed by atoms with Gasteiger partial charge in [-0.25, -0.2) is 4.98 Å². The molecule has 86 valence electrons. The topological polar surface area (TPSA) is 30.2 Å². The zero-order valence-electron chi connectivity index (χ0n) is 10.2. The van der Waals surface area contributed by atoms with Crippen LogP contribution in [0.25, 0.3) is 0 Å². The van der Waals surface area contributed by atoms with Gasteiger partial charge in [-0.2, -0.15) is 0 Å². The summed E-state index contributed by atoms with van der Waals surface area (Å²) in [7, 11) is 0. The molecule has 2 rings (SSSR count). The smallest absolute Gasteiger partial charge is 0.105 e. The Balaban J connectivity index is 2.25. The van der Waals surface area contributed by atoms with Crippen LogP contribution < -0.4 is 0 Å². The lowest BCUT2D eigenvalue weighted by Gasteiger charge is -2.35. The minimum atomic E-state index is 0.188. The number of hydrogen-bond acceptors (Lipinski definition) is 2. The predicted molar refractivity (Wildman–Crippen MR) is 66.5 cm³/mol. The van der Waals surface area contributed by atoms with Gasteiger partial charge in [-0.3, -0.25) is 4.99 Å². The summed E-state index contributed by atoms with van der Waals surface area (Å²) in [5.41, 5.74) is 0.188. The van der Waals surface area contributed by atoms with Gasteiger partial charge in [0.15, 0.2) is 0 Å². The first kappa shape index (κ1) is 11.1. The first-order valence-electron chi connectivity index (χ1n) is 5.81. The number of rotatable bonds is 3. The Labute approximate surface area is 96.9 Å². The SMILES string of the molecule is Cc1nccn1CC1(C(C)C)C=CN=CC1. The summed E-state index contributed by atoms with van der Waals surface area (Å²) in [5.74, 6) is 1.67. The Morgan fingerprint density at radius 1 is 1.50 bits per heavy atom. The van der Waals surface area contributed by atoms with E-state index >= 15 is 0 Å². The van der Waals surface area contributed by atoms with E-state index < -0.39 is 0 Å². The largest absolute Gasteiger partial charge is 0.334 e. The lowest BCUT2D eigenvalue weighted by Crippen LogP contribution is -2.32. The first-order chi connectivity index (χ1) is 7.64. The van der Waals surface area contributed by atoms with Crippen LogP contribution in [-0.2, 0) is 6.54 Å². The lowest BCUT2D eigenvalue weighted by molar-refractivity contribution is 0.232. The van der Waals surface area contributed by atoms with Gasteiger partial charge in [0.05, 0.1) is 0 Å². The third-order valence-corrected chi connectivity index (χ3v) is 3.61. The number of imidazole rings is 1. The summed E-state index contributed by atoms with van der Waals surface area (Å²) in [6.45, 7) is 7.58. The first-order valence-corrected chi connectivity index (χ1v) is 5.81. The van der Waals surface area contributed by atoms with Crippen molar-refractivity contribution in [1.82, 2.24) is 9.55 Å². The normalized spacial score (nSPS) is 24.2. The molecule has 3 heteroatoms. The fourth-order valence-electron chi connectivity index (χ4n) is 2.16. The van der Waals surface area contributed by atoms with Crippen LogP contribution in [0.1, 0.15) is 26.1 Å². The fourth-order valence-corrected chi connectivity index (χ4v) is 2.16. The number of aliphatic imine (C=N–C) groups is 1.